The predicted octanol–water partition coefficient (Wildman–Crippen LogP) is 3.01. The zero-order chi connectivity index (χ0) is 16.5. The number of amides is 1. The number of imidazole rings is 1. The number of aromatic amines is 2. The molecule has 0 saturated carbocycles. The zero-order valence-corrected chi connectivity index (χ0v) is 14.0. The van der Waals surface area contributed by atoms with Crippen molar-refractivity contribution >= 4 is 28.4 Å². The van der Waals surface area contributed by atoms with Crippen LogP contribution in [0, 0.1) is 5.92 Å². The fraction of sp³-hybridized carbons (Fsp3) is 0.333. The fourth-order valence-corrected chi connectivity index (χ4v) is 3.62. The molecule has 24 heavy (non-hydrogen) atoms. The van der Waals surface area contributed by atoms with Crippen LogP contribution in [0.25, 0.3) is 10.9 Å². The molecule has 0 saturated heterocycles. The van der Waals surface area contributed by atoms with Crippen molar-refractivity contribution in [2.24, 2.45) is 5.92 Å². The smallest absolute Gasteiger partial charge is 0.223 e. The molecule has 3 aromatic rings. The first-order chi connectivity index (χ1) is 11.7. The number of hydrogen-bond donors (Lipinski definition) is 3. The molecule has 5 nitrogen and oxygen atoms in total. The summed E-state index contributed by atoms with van der Waals surface area (Å²) in [6, 6.07) is 5.81. The van der Waals surface area contributed by atoms with E-state index < -0.39 is 0 Å². The van der Waals surface area contributed by atoms with Crippen molar-refractivity contribution in [2.75, 3.05) is 6.54 Å². The third-order valence-corrected chi connectivity index (χ3v) is 5.02. The van der Waals surface area contributed by atoms with Gasteiger partial charge < -0.3 is 15.3 Å². The third kappa shape index (κ3) is 2.91. The maximum atomic E-state index is 12.4. The molecule has 2 heterocycles. The minimum atomic E-state index is 0.0374. The Kier molecular flexibility index (Phi) is 4.02. The summed E-state index contributed by atoms with van der Waals surface area (Å²) >= 11 is 6.07. The van der Waals surface area contributed by atoms with E-state index >= 15 is 0 Å². The SMILES string of the molecule is O=C(NCCc1c[nH]c2ccc(Cl)cc12)C1CCc2nc[nH]c2C1. The number of halogens is 1. The maximum absolute atomic E-state index is 12.4. The van der Waals surface area contributed by atoms with E-state index in [9.17, 15) is 4.79 Å². The van der Waals surface area contributed by atoms with Gasteiger partial charge in [-0.05, 0) is 43.0 Å². The molecule has 2 aromatic heterocycles. The van der Waals surface area contributed by atoms with Crippen LogP contribution in [0.1, 0.15) is 23.4 Å². The van der Waals surface area contributed by atoms with Crippen molar-refractivity contribution in [2.45, 2.75) is 25.7 Å². The third-order valence-electron chi connectivity index (χ3n) is 4.78. The lowest BCUT2D eigenvalue weighted by Crippen LogP contribution is -2.35. The minimum absolute atomic E-state index is 0.0374. The Morgan fingerprint density at radius 1 is 1.38 bits per heavy atom. The number of hydrogen-bond acceptors (Lipinski definition) is 2. The van der Waals surface area contributed by atoms with E-state index in [1.165, 1.54) is 5.56 Å². The molecule has 0 aliphatic heterocycles. The van der Waals surface area contributed by atoms with Gasteiger partial charge in [-0.3, -0.25) is 4.79 Å². The fourth-order valence-electron chi connectivity index (χ4n) is 3.45. The highest BCUT2D eigenvalue weighted by molar-refractivity contribution is 6.31. The number of H-pyrrole nitrogens is 2. The van der Waals surface area contributed by atoms with Gasteiger partial charge in [0.05, 0.1) is 12.0 Å². The van der Waals surface area contributed by atoms with Gasteiger partial charge in [0.15, 0.2) is 0 Å². The average Bonchev–Trinajstić information content (AvgIpc) is 3.20. The summed E-state index contributed by atoms with van der Waals surface area (Å²) in [4.78, 5) is 23.1. The number of nitrogens with zero attached hydrogens (tertiary/aromatic N) is 1. The van der Waals surface area contributed by atoms with Crippen molar-refractivity contribution < 1.29 is 4.79 Å². The zero-order valence-electron chi connectivity index (χ0n) is 13.2. The molecule has 0 fully saturated rings. The number of carbonyl (C=O) groups excluding carboxylic acids is 1. The number of benzene rings is 1. The number of nitrogens with one attached hydrogen (secondary N) is 3. The van der Waals surface area contributed by atoms with Crippen molar-refractivity contribution in [1.82, 2.24) is 20.3 Å². The highest BCUT2D eigenvalue weighted by Crippen LogP contribution is 2.24. The second kappa shape index (κ2) is 6.32. The lowest BCUT2D eigenvalue weighted by molar-refractivity contribution is -0.125. The van der Waals surface area contributed by atoms with E-state index in [0.717, 1.165) is 53.0 Å². The summed E-state index contributed by atoms with van der Waals surface area (Å²) in [7, 11) is 0. The van der Waals surface area contributed by atoms with Crippen LogP contribution in [-0.2, 0) is 24.1 Å². The molecule has 1 unspecified atom stereocenters. The molecule has 1 atom stereocenters. The summed E-state index contributed by atoms with van der Waals surface area (Å²) < 4.78 is 0. The summed E-state index contributed by atoms with van der Waals surface area (Å²) in [5, 5.41) is 4.92. The minimum Gasteiger partial charge on any atom is -0.361 e. The largest absolute Gasteiger partial charge is 0.361 e. The molecule has 0 spiro atoms. The van der Waals surface area contributed by atoms with E-state index in [1.54, 1.807) is 6.33 Å². The standard InChI is InChI=1S/C18H19ClN4O/c19-13-2-4-15-14(8-13)12(9-21-15)5-6-20-18(24)11-1-3-16-17(7-11)23-10-22-16/h2,4,8-11,21H,1,3,5-7H2,(H,20,24)(H,22,23). The van der Waals surface area contributed by atoms with Crippen LogP contribution < -0.4 is 5.32 Å². The second-order valence-electron chi connectivity index (χ2n) is 6.31. The van der Waals surface area contributed by atoms with Crippen molar-refractivity contribution in [3.63, 3.8) is 0 Å². The molecule has 1 amide bonds. The Morgan fingerprint density at radius 3 is 3.21 bits per heavy atom. The molecule has 1 aromatic carbocycles. The Hall–Kier alpha value is -2.27. The molecule has 6 heteroatoms. The first-order valence-corrected chi connectivity index (χ1v) is 8.63. The van der Waals surface area contributed by atoms with Crippen LogP contribution in [0.15, 0.2) is 30.7 Å². The van der Waals surface area contributed by atoms with Crippen LogP contribution in [0.2, 0.25) is 5.02 Å². The van der Waals surface area contributed by atoms with Gasteiger partial charge in [0.2, 0.25) is 5.91 Å². The normalized spacial score (nSPS) is 17.0. The molecule has 1 aliphatic carbocycles. The summed E-state index contributed by atoms with van der Waals surface area (Å²) in [5.74, 6) is 0.170. The lowest BCUT2D eigenvalue weighted by Gasteiger charge is -2.20. The number of fused-ring (bicyclic) bond motifs is 2. The van der Waals surface area contributed by atoms with Crippen LogP contribution in [0.5, 0.6) is 0 Å². The monoisotopic (exact) mass is 342 g/mol. The predicted molar refractivity (Wildman–Crippen MR) is 94.1 cm³/mol. The molecule has 1 aliphatic rings. The quantitative estimate of drug-likeness (QED) is 0.682. The van der Waals surface area contributed by atoms with Crippen LogP contribution in [0.3, 0.4) is 0 Å². The molecule has 0 bridgehead atoms. The van der Waals surface area contributed by atoms with Crippen LogP contribution >= 0.6 is 11.6 Å². The molecule has 124 valence electrons. The van der Waals surface area contributed by atoms with E-state index in [2.05, 4.69) is 20.3 Å². The van der Waals surface area contributed by atoms with E-state index in [4.69, 9.17) is 11.6 Å². The highest BCUT2D eigenvalue weighted by Gasteiger charge is 2.25. The topological polar surface area (TPSA) is 73.6 Å². The average molecular weight is 343 g/mol. The summed E-state index contributed by atoms with van der Waals surface area (Å²) in [6.07, 6.45) is 6.99. The summed E-state index contributed by atoms with van der Waals surface area (Å²) in [6.45, 7) is 0.630. The second-order valence-corrected chi connectivity index (χ2v) is 6.75. The van der Waals surface area contributed by atoms with Crippen molar-refractivity contribution in [1.29, 1.82) is 0 Å². The number of aryl methyl sites for hydroxylation is 1. The van der Waals surface area contributed by atoms with Gasteiger partial charge in [0, 0.05) is 46.7 Å². The van der Waals surface area contributed by atoms with Crippen LogP contribution in [0.4, 0.5) is 0 Å². The Bertz CT molecular complexity index is 882. The Balaban J connectivity index is 1.35. The van der Waals surface area contributed by atoms with Crippen molar-refractivity contribution in [3.05, 3.63) is 52.7 Å². The van der Waals surface area contributed by atoms with Gasteiger partial charge in [-0.1, -0.05) is 11.6 Å². The molecular weight excluding hydrogens is 324 g/mol. The van der Waals surface area contributed by atoms with Gasteiger partial charge >= 0.3 is 0 Å². The Morgan fingerprint density at radius 2 is 2.29 bits per heavy atom. The molecular formula is C18H19ClN4O. The van der Waals surface area contributed by atoms with Gasteiger partial charge in [0.1, 0.15) is 0 Å². The maximum Gasteiger partial charge on any atom is 0.223 e. The first-order valence-electron chi connectivity index (χ1n) is 8.25. The van der Waals surface area contributed by atoms with E-state index in [1.807, 2.05) is 24.4 Å². The van der Waals surface area contributed by atoms with E-state index in [0.29, 0.717) is 6.54 Å². The van der Waals surface area contributed by atoms with Gasteiger partial charge in [-0.15, -0.1) is 0 Å². The number of carbonyl (C=O) groups is 1. The van der Waals surface area contributed by atoms with Gasteiger partial charge in [0.25, 0.3) is 0 Å². The number of aromatic nitrogens is 3. The Labute approximate surface area is 144 Å². The van der Waals surface area contributed by atoms with Crippen LogP contribution in [-0.4, -0.2) is 27.4 Å². The molecule has 0 radical (unpaired) electrons. The van der Waals surface area contributed by atoms with E-state index in [-0.39, 0.29) is 11.8 Å². The van der Waals surface area contributed by atoms with Crippen molar-refractivity contribution in [3.8, 4) is 0 Å². The molecule has 4 rings (SSSR count). The summed E-state index contributed by atoms with van der Waals surface area (Å²) in [5.41, 5.74) is 4.45. The first kappa shape index (κ1) is 15.3. The lowest BCUT2D eigenvalue weighted by atomic mass is 9.89. The number of rotatable bonds is 4. The van der Waals surface area contributed by atoms with Gasteiger partial charge in [-0.25, -0.2) is 4.98 Å². The van der Waals surface area contributed by atoms with Gasteiger partial charge in [-0.2, -0.15) is 0 Å². The molecule has 3 N–H and O–H groups in total. The highest BCUT2D eigenvalue weighted by atomic mass is 35.5.